The Morgan fingerprint density at radius 2 is 0.765 bits per heavy atom. The lowest BCUT2D eigenvalue weighted by Gasteiger charge is -2.40. The molecule has 0 aromatic heterocycles. The fraction of sp³-hybridized carbons (Fsp3) is 0.982. The Kier molecular flexibility index (Phi) is 45.1. The quantitative estimate of drug-likeness (QED) is 0.0272. The summed E-state index contributed by atoms with van der Waals surface area (Å²) in [6.07, 6.45) is 41.7. The molecule has 1 rings (SSSR count). The van der Waals surface area contributed by atoms with Gasteiger partial charge in [-0.15, -0.1) is 0 Å². The molecule has 0 bridgehead atoms. The van der Waals surface area contributed by atoms with E-state index in [1.807, 2.05) is 0 Å². The molecule has 11 nitrogen and oxygen atoms in total. The first-order chi connectivity index (χ1) is 33.2. The number of nitrogens with one attached hydrogen (secondary N) is 1. The molecule has 9 atom stereocenters. The summed E-state index contributed by atoms with van der Waals surface area (Å²) >= 11 is 0. The largest absolute Gasteiger partial charge is 0.394 e. The average molecular weight is 973 g/mol. The van der Waals surface area contributed by atoms with E-state index in [4.69, 9.17) is 9.47 Å². The van der Waals surface area contributed by atoms with Crippen molar-refractivity contribution in [1.29, 1.82) is 0 Å². The van der Waals surface area contributed by atoms with Crippen LogP contribution in [0.4, 0.5) is 0 Å². The number of amides is 1. The van der Waals surface area contributed by atoms with Crippen LogP contribution < -0.4 is 5.32 Å². The molecule has 0 radical (unpaired) electrons. The number of aliphatic hydroxyl groups excluding tert-OH is 7. The summed E-state index contributed by atoms with van der Waals surface area (Å²) in [7, 11) is 0. The minimum Gasteiger partial charge on any atom is -0.394 e. The van der Waals surface area contributed by atoms with Crippen LogP contribution in [-0.4, -0.2) is 110 Å². The predicted molar refractivity (Wildman–Crippen MR) is 280 cm³/mol. The molecule has 1 amide bonds. The van der Waals surface area contributed by atoms with Crippen LogP contribution in [0, 0.1) is 0 Å². The van der Waals surface area contributed by atoms with Crippen LogP contribution >= 0.6 is 0 Å². The number of hydrogen-bond acceptors (Lipinski definition) is 10. The number of ether oxygens (including phenoxy) is 2. The lowest BCUT2D eigenvalue weighted by Crippen LogP contribution is -2.60. The van der Waals surface area contributed by atoms with Gasteiger partial charge in [0, 0.05) is 0 Å². The maximum atomic E-state index is 13.2. The van der Waals surface area contributed by atoms with Crippen molar-refractivity contribution in [3.63, 3.8) is 0 Å². The lowest BCUT2D eigenvalue weighted by atomic mass is 9.98. The summed E-state index contributed by atoms with van der Waals surface area (Å²) in [6.45, 7) is 3.48. The molecule has 1 aliphatic heterocycles. The second-order valence-electron chi connectivity index (χ2n) is 21.1. The van der Waals surface area contributed by atoms with Crippen LogP contribution in [0.3, 0.4) is 0 Å². The SMILES string of the molecule is CCCCCCCCCCCCCCCCCCCCCCCCCCCCCCC(O)C(=O)NC(COC1OC(CO)C(O)C(O)C1O)C(O)C(O)CCCCCCCCCCCCCCC. The number of unbranched alkanes of at least 4 members (excludes halogenated alkanes) is 39. The van der Waals surface area contributed by atoms with Gasteiger partial charge in [0.25, 0.3) is 0 Å². The summed E-state index contributed by atoms with van der Waals surface area (Å²) < 4.78 is 11.1. The number of rotatable bonds is 51. The van der Waals surface area contributed by atoms with Gasteiger partial charge >= 0.3 is 0 Å². The molecule has 8 N–H and O–H groups in total. The van der Waals surface area contributed by atoms with Gasteiger partial charge in [-0.25, -0.2) is 0 Å². The molecule has 1 fully saturated rings. The van der Waals surface area contributed by atoms with Crippen molar-refractivity contribution in [1.82, 2.24) is 5.32 Å². The molecule has 9 unspecified atom stereocenters. The molecule has 11 heteroatoms. The topological polar surface area (TPSA) is 189 Å². The average Bonchev–Trinajstić information content (AvgIpc) is 3.34. The summed E-state index contributed by atoms with van der Waals surface area (Å²) in [6, 6.07) is -1.16. The van der Waals surface area contributed by atoms with Crippen LogP contribution in [-0.2, 0) is 14.3 Å². The van der Waals surface area contributed by atoms with Gasteiger partial charge in [0.05, 0.1) is 25.4 Å². The maximum absolute atomic E-state index is 13.2. The Hall–Kier alpha value is -0.890. The van der Waals surface area contributed by atoms with Crippen molar-refractivity contribution in [2.45, 2.75) is 345 Å². The zero-order chi connectivity index (χ0) is 49.7. The van der Waals surface area contributed by atoms with Crippen molar-refractivity contribution in [3.8, 4) is 0 Å². The van der Waals surface area contributed by atoms with Crippen molar-refractivity contribution >= 4 is 5.91 Å². The van der Waals surface area contributed by atoms with Gasteiger partial charge in [-0.1, -0.05) is 277 Å². The number of aliphatic hydroxyl groups is 7. The Labute approximate surface area is 418 Å². The van der Waals surface area contributed by atoms with Crippen molar-refractivity contribution < 1.29 is 50.0 Å². The van der Waals surface area contributed by atoms with Gasteiger partial charge in [0.2, 0.25) is 5.91 Å². The normalized spacial score (nSPS) is 20.4. The summed E-state index contributed by atoms with van der Waals surface area (Å²) in [5.74, 6) is -0.690. The van der Waals surface area contributed by atoms with Crippen LogP contribution in [0.15, 0.2) is 0 Å². The number of carbonyl (C=O) groups excluding carboxylic acids is 1. The molecule has 1 heterocycles. The lowest BCUT2D eigenvalue weighted by molar-refractivity contribution is -0.303. The summed E-state index contributed by atoms with van der Waals surface area (Å²) in [5, 5.41) is 76.0. The molecule has 1 saturated heterocycles. The van der Waals surface area contributed by atoms with Crippen LogP contribution in [0.25, 0.3) is 0 Å². The first-order valence-corrected chi connectivity index (χ1v) is 29.4. The molecular weight excluding hydrogens is 859 g/mol. The standard InChI is InChI=1S/C57H113NO10/c1-3-5-7-9-11-13-15-17-18-19-20-21-22-23-24-25-26-27-28-29-30-31-33-35-37-39-41-43-45-50(61)56(66)58-48(47-67-57-55(65)54(64)53(63)51(46-59)68-57)52(62)49(60)44-42-40-38-36-34-32-16-14-12-10-8-6-4-2/h48-55,57,59-65H,3-47H2,1-2H3,(H,58,66). The second kappa shape index (κ2) is 47.1. The van der Waals surface area contributed by atoms with Gasteiger partial charge in [-0.05, 0) is 12.8 Å². The van der Waals surface area contributed by atoms with Crippen LogP contribution in [0.2, 0.25) is 0 Å². The molecule has 1 aliphatic rings. The van der Waals surface area contributed by atoms with Gasteiger partial charge in [0.1, 0.15) is 36.6 Å². The van der Waals surface area contributed by atoms with Gasteiger partial charge in [-0.2, -0.15) is 0 Å². The van der Waals surface area contributed by atoms with E-state index in [0.29, 0.717) is 19.3 Å². The molecule has 68 heavy (non-hydrogen) atoms. The highest BCUT2D eigenvalue weighted by Crippen LogP contribution is 2.24. The van der Waals surface area contributed by atoms with Crippen molar-refractivity contribution in [2.24, 2.45) is 0 Å². The monoisotopic (exact) mass is 972 g/mol. The molecule has 0 spiro atoms. The van der Waals surface area contributed by atoms with Crippen molar-refractivity contribution in [2.75, 3.05) is 13.2 Å². The van der Waals surface area contributed by atoms with E-state index < -0.39 is 74.2 Å². The molecule has 0 aromatic rings. The highest BCUT2D eigenvalue weighted by atomic mass is 16.7. The third-order valence-electron chi connectivity index (χ3n) is 14.7. The smallest absolute Gasteiger partial charge is 0.249 e. The van der Waals surface area contributed by atoms with Gasteiger partial charge in [-0.3, -0.25) is 4.79 Å². The Morgan fingerprint density at radius 1 is 0.456 bits per heavy atom. The summed E-state index contributed by atoms with van der Waals surface area (Å²) in [4.78, 5) is 13.2. The fourth-order valence-electron chi connectivity index (χ4n) is 9.86. The predicted octanol–water partition coefficient (Wildman–Crippen LogP) is 12.2. The highest BCUT2D eigenvalue weighted by Gasteiger charge is 2.44. The first kappa shape index (κ1) is 65.1. The molecule has 0 aromatic carbocycles. The molecule has 0 aliphatic carbocycles. The van der Waals surface area contributed by atoms with E-state index >= 15 is 0 Å². The first-order valence-electron chi connectivity index (χ1n) is 29.4. The zero-order valence-electron chi connectivity index (χ0n) is 44.4. The maximum Gasteiger partial charge on any atom is 0.249 e. The van der Waals surface area contributed by atoms with Gasteiger partial charge < -0.3 is 50.5 Å². The van der Waals surface area contributed by atoms with E-state index in [2.05, 4.69) is 19.2 Å². The van der Waals surface area contributed by atoms with Crippen molar-refractivity contribution in [3.05, 3.63) is 0 Å². The number of hydrogen-bond donors (Lipinski definition) is 8. The Morgan fingerprint density at radius 3 is 1.09 bits per heavy atom. The van der Waals surface area contributed by atoms with E-state index in [-0.39, 0.29) is 6.42 Å². The van der Waals surface area contributed by atoms with E-state index in [1.165, 1.54) is 212 Å². The van der Waals surface area contributed by atoms with Gasteiger partial charge in [0.15, 0.2) is 6.29 Å². The van der Waals surface area contributed by atoms with Crippen LogP contribution in [0.1, 0.15) is 290 Å². The second-order valence-corrected chi connectivity index (χ2v) is 21.1. The third-order valence-corrected chi connectivity index (χ3v) is 14.7. The van der Waals surface area contributed by atoms with E-state index in [9.17, 15) is 40.5 Å². The molecule has 406 valence electrons. The van der Waals surface area contributed by atoms with E-state index in [1.54, 1.807) is 0 Å². The minimum atomic E-state index is -1.66. The summed E-state index contributed by atoms with van der Waals surface area (Å²) in [5.41, 5.74) is 0. The molecule has 0 saturated carbocycles. The minimum absolute atomic E-state index is 0.267. The third kappa shape index (κ3) is 35.3. The fourth-order valence-corrected chi connectivity index (χ4v) is 9.86. The highest BCUT2D eigenvalue weighted by molar-refractivity contribution is 5.80. The van der Waals surface area contributed by atoms with Crippen LogP contribution in [0.5, 0.6) is 0 Å². The number of carbonyl (C=O) groups is 1. The van der Waals surface area contributed by atoms with E-state index in [0.717, 1.165) is 38.5 Å². The Bertz CT molecular complexity index is 1070. The Balaban J connectivity index is 2.22. The molecular formula is C57H113NO10. The zero-order valence-corrected chi connectivity index (χ0v) is 44.4.